The molecule has 3 heteroatoms. The number of nitrogens with one attached hydrogen (secondary N) is 1. The van der Waals surface area contributed by atoms with Crippen LogP contribution in [-0.4, -0.2) is 26.2 Å². The number of methoxy groups -OCH3 is 1. The van der Waals surface area contributed by atoms with E-state index in [1.165, 1.54) is 12.7 Å². The van der Waals surface area contributed by atoms with Crippen LogP contribution in [0.2, 0.25) is 0 Å². The van der Waals surface area contributed by atoms with Gasteiger partial charge in [-0.3, -0.25) is 4.79 Å². The zero-order valence-electron chi connectivity index (χ0n) is 7.93. The summed E-state index contributed by atoms with van der Waals surface area (Å²) in [6.07, 6.45) is 5.34. The fourth-order valence-corrected chi connectivity index (χ4v) is 2.39. The van der Waals surface area contributed by atoms with Gasteiger partial charge in [0, 0.05) is 13.1 Å². The van der Waals surface area contributed by atoms with E-state index in [1.54, 1.807) is 0 Å². The first kappa shape index (κ1) is 8.75. The lowest BCUT2D eigenvalue weighted by Gasteiger charge is -2.29. The van der Waals surface area contributed by atoms with Crippen LogP contribution in [0.3, 0.4) is 0 Å². The maximum Gasteiger partial charge on any atom is 0.317 e. The highest BCUT2D eigenvalue weighted by Gasteiger charge is 2.46. The average Bonchev–Trinajstić information content (AvgIpc) is 2.61. The number of hydrogen-bond acceptors (Lipinski definition) is 3. The summed E-state index contributed by atoms with van der Waals surface area (Å²) in [6.45, 7) is 1.61. The molecule has 0 spiro atoms. The number of ether oxygens (including phenoxy) is 1. The van der Waals surface area contributed by atoms with Gasteiger partial charge in [-0.15, -0.1) is 0 Å². The van der Waals surface area contributed by atoms with Gasteiger partial charge in [0.1, 0.15) is 5.41 Å². The quantitative estimate of drug-likeness (QED) is 0.481. The lowest BCUT2D eigenvalue weighted by Crippen LogP contribution is -2.37. The van der Waals surface area contributed by atoms with Crippen LogP contribution < -0.4 is 5.32 Å². The molecule has 0 aromatic carbocycles. The first-order chi connectivity index (χ1) is 6.29. The third-order valence-electron chi connectivity index (χ3n) is 3.13. The maximum atomic E-state index is 11.7. The first-order valence-electron chi connectivity index (χ1n) is 4.78. The normalized spacial score (nSPS) is 32.2. The predicted molar refractivity (Wildman–Crippen MR) is 49.3 cm³/mol. The Morgan fingerprint density at radius 2 is 2.54 bits per heavy atom. The Morgan fingerprint density at radius 1 is 1.69 bits per heavy atom. The van der Waals surface area contributed by atoms with Gasteiger partial charge in [0.15, 0.2) is 0 Å². The lowest BCUT2D eigenvalue weighted by atomic mass is 9.74. The molecule has 0 amide bonds. The molecule has 3 nitrogen and oxygen atoms in total. The van der Waals surface area contributed by atoms with Gasteiger partial charge < -0.3 is 10.1 Å². The van der Waals surface area contributed by atoms with E-state index < -0.39 is 0 Å². The van der Waals surface area contributed by atoms with Crippen LogP contribution in [-0.2, 0) is 9.53 Å². The van der Waals surface area contributed by atoms with Crippen LogP contribution >= 0.6 is 0 Å². The van der Waals surface area contributed by atoms with Crippen molar-refractivity contribution in [2.24, 2.45) is 5.41 Å². The Balaban J connectivity index is 2.32. The van der Waals surface area contributed by atoms with Crippen molar-refractivity contribution in [2.75, 3.05) is 20.2 Å². The maximum absolute atomic E-state index is 11.7. The van der Waals surface area contributed by atoms with Gasteiger partial charge in [0.05, 0.1) is 7.11 Å². The van der Waals surface area contributed by atoms with E-state index in [0.717, 1.165) is 32.4 Å². The molecule has 1 atom stereocenters. The van der Waals surface area contributed by atoms with Crippen molar-refractivity contribution in [1.29, 1.82) is 0 Å². The van der Waals surface area contributed by atoms with E-state index >= 15 is 0 Å². The largest absolute Gasteiger partial charge is 0.468 e. The van der Waals surface area contributed by atoms with Gasteiger partial charge in [-0.1, -0.05) is 6.08 Å². The molecule has 2 aliphatic rings. The van der Waals surface area contributed by atoms with Crippen molar-refractivity contribution in [3.63, 3.8) is 0 Å². The van der Waals surface area contributed by atoms with E-state index in [9.17, 15) is 4.79 Å². The minimum absolute atomic E-state index is 0.0662. The molecule has 72 valence electrons. The van der Waals surface area contributed by atoms with Crippen molar-refractivity contribution < 1.29 is 9.53 Å². The van der Waals surface area contributed by atoms with Crippen molar-refractivity contribution in [1.82, 2.24) is 5.32 Å². The topological polar surface area (TPSA) is 38.3 Å². The number of esters is 1. The Kier molecular flexibility index (Phi) is 2.12. The second-order valence-corrected chi connectivity index (χ2v) is 3.80. The first-order valence-corrected chi connectivity index (χ1v) is 4.78. The highest BCUT2D eigenvalue weighted by Crippen LogP contribution is 2.40. The van der Waals surface area contributed by atoms with E-state index in [4.69, 9.17) is 4.74 Å². The lowest BCUT2D eigenvalue weighted by molar-refractivity contribution is -0.150. The summed E-state index contributed by atoms with van der Waals surface area (Å²) in [5.74, 6) is -0.0662. The third-order valence-corrected chi connectivity index (χ3v) is 3.13. The molecule has 0 bridgehead atoms. The molecular weight excluding hydrogens is 166 g/mol. The van der Waals surface area contributed by atoms with Crippen molar-refractivity contribution in [3.05, 3.63) is 11.6 Å². The van der Waals surface area contributed by atoms with Crippen molar-refractivity contribution >= 4 is 5.97 Å². The van der Waals surface area contributed by atoms with E-state index in [-0.39, 0.29) is 11.4 Å². The van der Waals surface area contributed by atoms with Crippen molar-refractivity contribution in [2.45, 2.75) is 19.3 Å². The van der Waals surface area contributed by atoms with Gasteiger partial charge in [0.2, 0.25) is 0 Å². The molecule has 1 unspecified atom stereocenters. The van der Waals surface area contributed by atoms with Gasteiger partial charge >= 0.3 is 5.97 Å². The summed E-state index contributed by atoms with van der Waals surface area (Å²) in [7, 11) is 1.47. The van der Waals surface area contributed by atoms with Crippen LogP contribution in [0.4, 0.5) is 0 Å². The Bertz CT molecular complexity index is 260. The molecule has 1 saturated heterocycles. The van der Waals surface area contributed by atoms with E-state index in [2.05, 4.69) is 11.4 Å². The van der Waals surface area contributed by atoms with E-state index in [0.29, 0.717) is 0 Å². The number of allylic oxidation sites excluding steroid dienone is 1. The summed E-state index contributed by atoms with van der Waals surface area (Å²) < 4.78 is 4.87. The molecule has 1 aliphatic heterocycles. The second kappa shape index (κ2) is 3.14. The predicted octanol–water partition coefficient (Wildman–Crippen LogP) is 0.859. The number of hydrogen-bond donors (Lipinski definition) is 1. The summed E-state index contributed by atoms with van der Waals surface area (Å²) in [4.78, 5) is 11.7. The molecule has 0 aromatic heterocycles. The van der Waals surface area contributed by atoms with Crippen LogP contribution in [0.1, 0.15) is 19.3 Å². The average molecular weight is 181 g/mol. The molecule has 0 aromatic rings. The van der Waals surface area contributed by atoms with Crippen LogP contribution in [0.25, 0.3) is 0 Å². The molecule has 13 heavy (non-hydrogen) atoms. The molecule has 1 fully saturated rings. The fourth-order valence-electron chi connectivity index (χ4n) is 2.39. The van der Waals surface area contributed by atoms with Crippen LogP contribution in [0.15, 0.2) is 11.6 Å². The number of rotatable bonds is 1. The molecule has 1 heterocycles. The van der Waals surface area contributed by atoms with Gasteiger partial charge in [-0.25, -0.2) is 0 Å². The summed E-state index contributed by atoms with van der Waals surface area (Å²) in [5, 5.41) is 3.25. The third kappa shape index (κ3) is 1.18. The minimum Gasteiger partial charge on any atom is -0.468 e. The van der Waals surface area contributed by atoms with Crippen LogP contribution in [0.5, 0.6) is 0 Å². The Labute approximate surface area is 78.1 Å². The molecule has 0 radical (unpaired) electrons. The highest BCUT2D eigenvalue weighted by atomic mass is 16.5. The monoisotopic (exact) mass is 181 g/mol. The molecule has 1 aliphatic carbocycles. The van der Waals surface area contributed by atoms with Gasteiger partial charge in [-0.05, 0) is 24.8 Å². The summed E-state index contributed by atoms with van der Waals surface area (Å²) >= 11 is 0. The number of carbonyl (C=O) groups excluding carboxylic acids is 1. The minimum atomic E-state index is -0.312. The second-order valence-electron chi connectivity index (χ2n) is 3.80. The zero-order chi connectivity index (χ0) is 9.31. The number of fused-ring (bicyclic) bond motifs is 1. The molecule has 0 saturated carbocycles. The molecule has 2 rings (SSSR count). The highest BCUT2D eigenvalue weighted by molar-refractivity contribution is 5.82. The van der Waals surface area contributed by atoms with Gasteiger partial charge in [-0.2, -0.15) is 0 Å². The Morgan fingerprint density at radius 3 is 3.31 bits per heavy atom. The van der Waals surface area contributed by atoms with Gasteiger partial charge in [0.25, 0.3) is 0 Å². The van der Waals surface area contributed by atoms with E-state index in [1.807, 2.05) is 0 Å². The fraction of sp³-hybridized carbons (Fsp3) is 0.700. The van der Waals surface area contributed by atoms with Crippen molar-refractivity contribution in [3.8, 4) is 0 Å². The smallest absolute Gasteiger partial charge is 0.317 e. The summed E-state index contributed by atoms with van der Waals surface area (Å²) in [5.41, 5.74) is 0.929. The zero-order valence-corrected chi connectivity index (χ0v) is 7.93. The summed E-state index contributed by atoms with van der Waals surface area (Å²) in [6, 6.07) is 0. The molecular formula is C10H15NO2. The standard InChI is InChI=1S/C10H15NO2/c1-13-9(12)10-5-3-2-4-8(10)6-11-7-10/h4,11H,2-3,5-7H2,1H3. The number of carbonyl (C=O) groups is 1. The van der Waals surface area contributed by atoms with Crippen LogP contribution in [0, 0.1) is 5.41 Å². The SMILES string of the molecule is COC(=O)C12CCCC=C1CNC2. The molecule has 1 N–H and O–H groups in total. The Hall–Kier alpha value is -0.830.